The van der Waals surface area contributed by atoms with Crippen LogP contribution in [0.5, 0.6) is 0 Å². The number of carboxylic acids is 2. The van der Waals surface area contributed by atoms with Gasteiger partial charge in [0.25, 0.3) is 5.91 Å². The first-order chi connectivity index (χ1) is 20.4. The fourth-order valence-corrected chi connectivity index (χ4v) is 5.57. The number of carboxylic acid groups (broad SMARTS) is 2. The Balaban J connectivity index is 1.91. The highest BCUT2D eigenvalue weighted by Gasteiger charge is 2.29. The molecule has 224 valence electrons. The van der Waals surface area contributed by atoms with E-state index in [2.05, 4.69) is 26.9 Å². The number of rotatable bonds is 10. The molecular formula is C33H36N4O6. The van der Waals surface area contributed by atoms with Crippen LogP contribution in [0.1, 0.15) is 67.3 Å². The number of carbonyl (C=O) groups is 4. The van der Waals surface area contributed by atoms with Crippen molar-refractivity contribution in [1.29, 1.82) is 0 Å². The maximum Gasteiger partial charge on any atom is 0.303 e. The van der Waals surface area contributed by atoms with Gasteiger partial charge in [-0.1, -0.05) is 18.7 Å². The largest absolute Gasteiger partial charge is 0.481 e. The number of hydrogen-bond donors (Lipinski definition) is 5. The van der Waals surface area contributed by atoms with Gasteiger partial charge in [-0.05, 0) is 99.1 Å². The number of nitrogens with one attached hydrogen (secondary N) is 3. The summed E-state index contributed by atoms with van der Waals surface area (Å²) in [6, 6.07) is 0. The predicted octanol–water partition coefficient (Wildman–Crippen LogP) is 3.14. The first-order valence-corrected chi connectivity index (χ1v) is 14.1. The van der Waals surface area contributed by atoms with Crippen LogP contribution in [0.4, 0.5) is 0 Å². The van der Waals surface area contributed by atoms with Gasteiger partial charge in [-0.2, -0.15) is 0 Å². The van der Waals surface area contributed by atoms with E-state index in [1.54, 1.807) is 13.0 Å². The van der Waals surface area contributed by atoms with Crippen LogP contribution in [0.3, 0.4) is 0 Å². The fraction of sp³-hybridized carbons (Fsp3) is 0.303. The van der Waals surface area contributed by atoms with Crippen LogP contribution in [0.15, 0.2) is 46.1 Å². The summed E-state index contributed by atoms with van der Waals surface area (Å²) >= 11 is 0. The molecule has 4 heterocycles. The molecule has 0 bridgehead atoms. The maximum atomic E-state index is 12.3. The van der Waals surface area contributed by atoms with Crippen LogP contribution in [0.25, 0.3) is 18.2 Å². The molecule has 4 rings (SSSR count). The maximum absolute atomic E-state index is 12.3. The lowest BCUT2D eigenvalue weighted by molar-refractivity contribution is -0.138. The highest BCUT2D eigenvalue weighted by molar-refractivity contribution is 6.31. The van der Waals surface area contributed by atoms with Crippen molar-refractivity contribution >= 4 is 47.7 Å². The van der Waals surface area contributed by atoms with Gasteiger partial charge in [0.05, 0.1) is 11.6 Å². The van der Waals surface area contributed by atoms with Gasteiger partial charge in [0.1, 0.15) is 0 Å². The third-order valence-corrected chi connectivity index (χ3v) is 8.12. The van der Waals surface area contributed by atoms with E-state index in [-0.39, 0.29) is 43.4 Å². The average Bonchev–Trinajstić information content (AvgIpc) is 3.59. The molecule has 0 radical (unpaired) electrons. The van der Waals surface area contributed by atoms with E-state index in [1.807, 2.05) is 45.9 Å². The topological polar surface area (TPSA) is 165 Å². The van der Waals surface area contributed by atoms with Crippen LogP contribution in [-0.2, 0) is 32.0 Å². The molecule has 0 spiro atoms. The molecule has 43 heavy (non-hydrogen) atoms. The van der Waals surface area contributed by atoms with Crippen molar-refractivity contribution < 1.29 is 29.4 Å². The highest BCUT2D eigenvalue weighted by atomic mass is 16.4. The van der Waals surface area contributed by atoms with E-state index in [0.29, 0.717) is 38.9 Å². The minimum absolute atomic E-state index is 0.0802. The zero-order valence-corrected chi connectivity index (χ0v) is 25.0. The number of nitrogens with zero attached hydrogens (tertiary/aromatic N) is 1. The molecule has 2 aromatic heterocycles. The number of aromatic amines is 2. The summed E-state index contributed by atoms with van der Waals surface area (Å²) in [5.41, 5.74) is 7.87. The molecule has 1 saturated heterocycles. The van der Waals surface area contributed by atoms with E-state index in [4.69, 9.17) is 0 Å². The van der Waals surface area contributed by atoms with Gasteiger partial charge < -0.3 is 25.5 Å². The molecule has 0 saturated carbocycles. The van der Waals surface area contributed by atoms with Gasteiger partial charge in [-0.15, -0.1) is 0 Å². The molecular weight excluding hydrogens is 548 g/mol. The van der Waals surface area contributed by atoms with Gasteiger partial charge in [-0.25, -0.2) is 4.99 Å². The molecule has 5 N–H and O–H groups in total. The summed E-state index contributed by atoms with van der Waals surface area (Å²) in [4.78, 5) is 58.6. The van der Waals surface area contributed by atoms with Crippen molar-refractivity contribution in [3.8, 4) is 0 Å². The van der Waals surface area contributed by atoms with E-state index in [0.717, 1.165) is 33.5 Å². The zero-order valence-electron chi connectivity index (χ0n) is 25.0. The molecule has 10 heteroatoms. The van der Waals surface area contributed by atoms with Crippen molar-refractivity contribution in [1.82, 2.24) is 15.3 Å². The molecule has 2 aromatic rings. The molecule has 10 nitrogen and oxygen atoms in total. The van der Waals surface area contributed by atoms with E-state index in [9.17, 15) is 29.4 Å². The van der Waals surface area contributed by atoms with E-state index in [1.165, 1.54) is 6.08 Å². The summed E-state index contributed by atoms with van der Waals surface area (Å²) in [7, 11) is 0. The van der Waals surface area contributed by atoms with Gasteiger partial charge in [0, 0.05) is 46.2 Å². The zero-order chi connectivity index (χ0) is 31.6. The lowest BCUT2D eigenvalue weighted by Gasteiger charge is -2.03. The van der Waals surface area contributed by atoms with Gasteiger partial charge >= 0.3 is 11.9 Å². The van der Waals surface area contributed by atoms with Crippen molar-refractivity contribution in [2.75, 3.05) is 0 Å². The molecule has 1 fully saturated rings. The number of H-pyrrole nitrogens is 2. The summed E-state index contributed by atoms with van der Waals surface area (Å²) in [6.07, 6.45) is 9.23. The first kappa shape index (κ1) is 31.0. The number of aliphatic carboxylic acids is 2. The van der Waals surface area contributed by atoms with E-state index >= 15 is 0 Å². The number of aromatic nitrogens is 2. The Kier molecular flexibility index (Phi) is 8.99. The van der Waals surface area contributed by atoms with Gasteiger partial charge in [0.2, 0.25) is 5.91 Å². The monoisotopic (exact) mass is 584 g/mol. The molecule has 1 atom stereocenters. The lowest BCUT2D eigenvalue weighted by atomic mass is 10.00. The Bertz CT molecular complexity index is 1810. The second kappa shape index (κ2) is 12.5. The minimum Gasteiger partial charge on any atom is -0.481 e. The van der Waals surface area contributed by atoms with Crippen LogP contribution < -0.4 is 16.0 Å². The number of hydrogen-bond acceptors (Lipinski definition) is 4. The highest BCUT2D eigenvalue weighted by Crippen LogP contribution is 2.29. The Morgan fingerprint density at radius 1 is 0.907 bits per heavy atom. The van der Waals surface area contributed by atoms with Crippen molar-refractivity contribution in [2.45, 2.75) is 60.3 Å². The minimum atomic E-state index is -0.934. The number of aliphatic imine (C=N–C) groups is 1. The molecule has 2 aliphatic heterocycles. The standard InChI is InChI=1S/C33H36N4O6/c1-7-20-19(6)32(42)37-27(20)14-25-18(5)23(10-12-31(40)41)29(35-25)15-28-22(9-11-30(38)39)17(4)24(34-28)13-26-16(3)21(8-2)33(43)36-26/h7-8,13-15,19,34-35H,2,9-12H2,1,3-6H3,(H,37,42)(H,38,39)(H,40,41)/b20-7+,24-13+,27-14-,28-15-. The fourth-order valence-electron chi connectivity index (χ4n) is 5.57. The first-order valence-electron chi connectivity index (χ1n) is 14.1. The summed E-state index contributed by atoms with van der Waals surface area (Å²) in [5, 5.41) is 23.1. The van der Waals surface area contributed by atoms with E-state index < -0.39 is 11.9 Å². The second-order valence-electron chi connectivity index (χ2n) is 10.7. The molecule has 1 unspecified atom stereocenters. The quantitative estimate of drug-likeness (QED) is 0.288. The second-order valence-corrected chi connectivity index (χ2v) is 10.7. The van der Waals surface area contributed by atoms with Crippen molar-refractivity contribution in [2.24, 2.45) is 10.9 Å². The third kappa shape index (κ3) is 6.28. The van der Waals surface area contributed by atoms with Gasteiger partial charge in [-0.3, -0.25) is 19.2 Å². The molecule has 2 amide bonds. The molecule has 0 aromatic carbocycles. The van der Waals surface area contributed by atoms with Crippen LogP contribution in [0, 0.1) is 19.8 Å². The number of amides is 2. The van der Waals surface area contributed by atoms with Crippen LogP contribution in [-0.4, -0.2) is 49.6 Å². The summed E-state index contributed by atoms with van der Waals surface area (Å²) in [5.74, 6) is -2.59. The third-order valence-electron chi connectivity index (χ3n) is 8.12. The molecule has 2 aliphatic rings. The smallest absolute Gasteiger partial charge is 0.303 e. The van der Waals surface area contributed by atoms with Gasteiger partial charge in [0.15, 0.2) is 0 Å². The summed E-state index contributed by atoms with van der Waals surface area (Å²) < 4.78 is 0. The normalized spacial score (nSPS) is 19.7. The summed E-state index contributed by atoms with van der Waals surface area (Å²) in [6.45, 7) is 13.0. The Morgan fingerprint density at radius 3 is 2.14 bits per heavy atom. The number of carbonyl (C=O) groups excluding carboxylic acids is 2. The molecule has 0 aliphatic carbocycles. The Morgan fingerprint density at radius 2 is 1.56 bits per heavy atom. The van der Waals surface area contributed by atoms with Crippen LogP contribution >= 0.6 is 0 Å². The Hall–Kier alpha value is -4.99. The SMILES string of the molecule is C=CC1=C(C)C(/C=c2/[nH]/c(=C\c3[nH]c(/C=C4\NC(=O)C(C)\C4=C/C)c(C)c3CCC(=O)O)c(CCC(=O)O)c2C)=NC1=O. The lowest BCUT2D eigenvalue weighted by Crippen LogP contribution is -2.16. The van der Waals surface area contributed by atoms with Crippen LogP contribution in [0.2, 0.25) is 0 Å². The average molecular weight is 585 g/mol. The number of allylic oxidation sites excluding steroid dienone is 3. The van der Waals surface area contributed by atoms with Crippen molar-refractivity contribution in [3.05, 3.63) is 85.5 Å². The van der Waals surface area contributed by atoms with Crippen molar-refractivity contribution in [3.63, 3.8) is 0 Å². The Labute approximate surface area is 249 Å². The predicted molar refractivity (Wildman–Crippen MR) is 165 cm³/mol.